The maximum absolute atomic E-state index is 11.3. The average molecular weight is 304 g/mol. The van der Waals surface area contributed by atoms with E-state index >= 15 is 0 Å². The van der Waals surface area contributed by atoms with Crippen LogP contribution in [0.5, 0.6) is 5.75 Å². The first-order valence-electron chi connectivity index (χ1n) is 7.98. The summed E-state index contributed by atoms with van der Waals surface area (Å²) >= 11 is 0. The molecule has 1 aromatic carbocycles. The Hall–Kier alpha value is -1.61. The van der Waals surface area contributed by atoms with Crippen molar-refractivity contribution in [2.45, 2.75) is 53.6 Å². The summed E-state index contributed by atoms with van der Waals surface area (Å²) < 4.78 is 11.4. The lowest BCUT2D eigenvalue weighted by Crippen LogP contribution is -2.05. The first kappa shape index (κ1) is 18.4. The standard InChI is InChI=1S/C19H28O3/c1-6-17(9-11-21-14(2)3)10-12-22-19-8-7-18(16(5)20)13-15(19)4/h7-8,10,13-14H,6,9,11-12H2,1-5H3. The molecule has 1 aromatic rings. The molecular weight excluding hydrogens is 276 g/mol. The van der Waals surface area contributed by atoms with Gasteiger partial charge in [-0.15, -0.1) is 0 Å². The number of aryl methyl sites for hydroxylation is 1. The van der Waals surface area contributed by atoms with Gasteiger partial charge >= 0.3 is 0 Å². The zero-order valence-corrected chi connectivity index (χ0v) is 14.4. The third-order valence-electron chi connectivity index (χ3n) is 3.52. The molecule has 0 bridgehead atoms. The molecule has 0 amide bonds. The maximum Gasteiger partial charge on any atom is 0.159 e. The number of benzene rings is 1. The van der Waals surface area contributed by atoms with Gasteiger partial charge in [0.1, 0.15) is 12.4 Å². The molecule has 0 aromatic heterocycles. The molecule has 0 aliphatic heterocycles. The van der Waals surface area contributed by atoms with Gasteiger partial charge in [-0.25, -0.2) is 0 Å². The zero-order chi connectivity index (χ0) is 16.5. The second kappa shape index (κ2) is 9.42. The van der Waals surface area contributed by atoms with Gasteiger partial charge in [0.15, 0.2) is 5.78 Å². The molecule has 0 heterocycles. The predicted molar refractivity (Wildman–Crippen MR) is 90.8 cm³/mol. The Kier molecular flexibility index (Phi) is 7.89. The van der Waals surface area contributed by atoms with Crippen LogP contribution in [0.1, 0.15) is 56.5 Å². The van der Waals surface area contributed by atoms with Gasteiger partial charge < -0.3 is 9.47 Å². The van der Waals surface area contributed by atoms with Crippen LogP contribution in [0.4, 0.5) is 0 Å². The number of hydrogen-bond acceptors (Lipinski definition) is 3. The minimum Gasteiger partial charge on any atom is -0.489 e. The molecule has 0 N–H and O–H groups in total. The highest BCUT2D eigenvalue weighted by molar-refractivity contribution is 5.94. The van der Waals surface area contributed by atoms with E-state index in [2.05, 4.69) is 13.0 Å². The summed E-state index contributed by atoms with van der Waals surface area (Å²) in [5.41, 5.74) is 3.06. The lowest BCUT2D eigenvalue weighted by molar-refractivity contribution is 0.0809. The highest BCUT2D eigenvalue weighted by atomic mass is 16.5. The average Bonchev–Trinajstić information content (AvgIpc) is 2.46. The molecule has 0 saturated carbocycles. The third kappa shape index (κ3) is 6.44. The lowest BCUT2D eigenvalue weighted by Gasteiger charge is -2.11. The predicted octanol–water partition coefficient (Wildman–Crippen LogP) is 4.73. The van der Waals surface area contributed by atoms with E-state index in [4.69, 9.17) is 9.47 Å². The van der Waals surface area contributed by atoms with Crippen LogP contribution in [0.15, 0.2) is 29.8 Å². The van der Waals surface area contributed by atoms with E-state index < -0.39 is 0 Å². The summed E-state index contributed by atoms with van der Waals surface area (Å²) in [4.78, 5) is 11.3. The van der Waals surface area contributed by atoms with Crippen molar-refractivity contribution in [3.63, 3.8) is 0 Å². The second-order valence-corrected chi connectivity index (χ2v) is 5.73. The van der Waals surface area contributed by atoms with Crippen LogP contribution in [-0.2, 0) is 4.74 Å². The molecule has 0 fully saturated rings. The first-order chi connectivity index (χ1) is 10.4. The number of rotatable bonds is 9. The van der Waals surface area contributed by atoms with Crippen molar-refractivity contribution in [1.82, 2.24) is 0 Å². The van der Waals surface area contributed by atoms with Crippen LogP contribution in [0.2, 0.25) is 0 Å². The first-order valence-corrected chi connectivity index (χ1v) is 7.98. The monoisotopic (exact) mass is 304 g/mol. The fourth-order valence-corrected chi connectivity index (χ4v) is 2.13. The normalized spacial score (nSPS) is 11.8. The van der Waals surface area contributed by atoms with Crippen LogP contribution in [0.25, 0.3) is 0 Å². The molecule has 0 aliphatic rings. The number of carbonyl (C=O) groups excluding carboxylic acids is 1. The van der Waals surface area contributed by atoms with E-state index in [9.17, 15) is 4.79 Å². The van der Waals surface area contributed by atoms with Gasteiger partial charge in [0.25, 0.3) is 0 Å². The van der Waals surface area contributed by atoms with Crippen LogP contribution >= 0.6 is 0 Å². The van der Waals surface area contributed by atoms with E-state index in [1.165, 1.54) is 5.57 Å². The molecule has 0 unspecified atom stereocenters. The lowest BCUT2D eigenvalue weighted by atomic mass is 10.1. The molecule has 3 heteroatoms. The van der Waals surface area contributed by atoms with E-state index in [-0.39, 0.29) is 11.9 Å². The number of hydrogen-bond donors (Lipinski definition) is 0. The molecule has 0 saturated heterocycles. The van der Waals surface area contributed by atoms with E-state index in [1.807, 2.05) is 39.0 Å². The fraction of sp³-hybridized carbons (Fsp3) is 0.526. The summed E-state index contributed by atoms with van der Waals surface area (Å²) in [5, 5.41) is 0. The van der Waals surface area contributed by atoms with Gasteiger partial charge in [-0.05, 0) is 70.4 Å². The highest BCUT2D eigenvalue weighted by Gasteiger charge is 2.04. The van der Waals surface area contributed by atoms with Gasteiger partial charge in [0, 0.05) is 5.56 Å². The molecule has 0 radical (unpaired) electrons. The second-order valence-electron chi connectivity index (χ2n) is 5.73. The third-order valence-corrected chi connectivity index (χ3v) is 3.52. The van der Waals surface area contributed by atoms with Crippen molar-refractivity contribution >= 4 is 5.78 Å². The van der Waals surface area contributed by atoms with E-state index in [1.54, 1.807) is 6.92 Å². The highest BCUT2D eigenvalue weighted by Crippen LogP contribution is 2.20. The van der Waals surface area contributed by atoms with Crippen LogP contribution in [-0.4, -0.2) is 25.1 Å². The Balaban J connectivity index is 2.53. The fourth-order valence-electron chi connectivity index (χ4n) is 2.13. The van der Waals surface area contributed by atoms with Crippen molar-refractivity contribution < 1.29 is 14.3 Å². The van der Waals surface area contributed by atoms with Gasteiger partial charge in [-0.2, -0.15) is 0 Å². The van der Waals surface area contributed by atoms with Gasteiger partial charge in [0.2, 0.25) is 0 Å². The Morgan fingerprint density at radius 1 is 1.32 bits per heavy atom. The molecule has 0 atom stereocenters. The van der Waals surface area contributed by atoms with Gasteiger partial charge in [0.05, 0.1) is 12.7 Å². The topological polar surface area (TPSA) is 35.5 Å². The Bertz CT molecular complexity index is 515. The SMILES string of the molecule is CCC(=CCOc1ccc(C(C)=O)cc1C)CCOC(C)C. The van der Waals surface area contributed by atoms with Crippen molar-refractivity contribution in [3.8, 4) is 5.75 Å². The minimum atomic E-state index is 0.0768. The molecule has 122 valence electrons. The Labute approximate surface area is 134 Å². The largest absolute Gasteiger partial charge is 0.489 e. The molecule has 3 nitrogen and oxygen atoms in total. The summed E-state index contributed by atoms with van der Waals surface area (Å²) in [7, 11) is 0. The number of ketones is 1. The van der Waals surface area contributed by atoms with Gasteiger partial charge in [-0.1, -0.05) is 12.5 Å². The van der Waals surface area contributed by atoms with Gasteiger partial charge in [-0.3, -0.25) is 4.79 Å². The number of carbonyl (C=O) groups is 1. The van der Waals surface area contributed by atoms with Crippen LogP contribution in [0, 0.1) is 6.92 Å². The summed E-state index contributed by atoms with van der Waals surface area (Å²) in [6, 6.07) is 5.55. The Morgan fingerprint density at radius 3 is 2.59 bits per heavy atom. The quantitative estimate of drug-likeness (QED) is 0.489. The molecule has 22 heavy (non-hydrogen) atoms. The molecule has 0 aliphatic carbocycles. The molecule has 0 spiro atoms. The maximum atomic E-state index is 11.3. The number of ether oxygens (including phenoxy) is 2. The van der Waals surface area contributed by atoms with Crippen molar-refractivity contribution in [2.24, 2.45) is 0 Å². The number of Topliss-reactive ketones (excluding diaryl/α,β-unsaturated/α-hetero) is 1. The van der Waals surface area contributed by atoms with Crippen LogP contribution < -0.4 is 4.74 Å². The van der Waals surface area contributed by atoms with E-state index in [0.29, 0.717) is 6.61 Å². The van der Waals surface area contributed by atoms with E-state index in [0.717, 1.165) is 36.3 Å². The Morgan fingerprint density at radius 2 is 2.05 bits per heavy atom. The van der Waals surface area contributed by atoms with Crippen molar-refractivity contribution in [1.29, 1.82) is 0 Å². The zero-order valence-electron chi connectivity index (χ0n) is 14.4. The minimum absolute atomic E-state index is 0.0768. The van der Waals surface area contributed by atoms with Crippen LogP contribution in [0.3, 0.4) is 0 Å². The molecule has 1 rings (SSSR count). The summed E-state index contributed by atoms with van der Waals surface area (Å²) in [5.74, 6) is 0.906. The summed E-state index contributed by atoms with van der Waals surface area (Å²) in [6.45, 7) is 11.1. The van der Waals surface area contributed by atoms with Crippen molar-refractivity contribution in [2.75, 3.05) is 13.2 Å². The summed E-state index contributed by atoms with van der Waals surface area (Å²) in [6.07, 6.45) is 4.35. The molecular formula is C19H28O3. The van der Waals surface area contributed by atoms with Crippen molar-refractivity contribution in [3.05, 3.63) is 41.0 Å². The smallest absolute Gasteiger partial charge is 0.159 e.